The van der Waals surface area contributed by atoms with Crippen LogP contribution in [0.5, 0.6) is 0 Å². The molecule has 1 unspecified atom stereocenters. The van der Waals surface area contributed by atoms with E-state index in [9.17, 15) is 0 Å². The van der Waals surface area contributed by atoms with E-state index in [1.165, 1.54) is 16.7 Å². The van der Waals surface area contributed by atoms with Gasteiger partial charge in [-0.1, -0.05) is 25.1 Å². The minimum Gasteiger partial charge on any atom is -0.326 e. The van der Waals surface area contributed by atoms with Crippen LogP contribution >= 0.6 is 0 Å². The normalized spacial score (nSPS) is 21.2. The van der Waals surface area contributed by atoms with Gasteiger partial charge < -0.3 is 5.73 Å². The van der Waals surface area contributed by atoms with Crippen LogP contribution in [-0.2, 0) is 13.1 Å². The molecule has 0 saturated heterocycles. The fourth-order valence-electron chi connectivity index (χ4n) is 2.24. The van der Waals surface area contributed by atoms with Crippen molar-refractivity contribution in [2.24, 2.45) is 5.73 Å². The van der Waals surface area contributed by atoms with E-state index >= 15 is 0 Å². The van der Waals surface area contributed by atoms with Gasteiger partial charge in [0.05, 0.1) is 0 Å². The third-order valence-corrected chi connectivity index (χ3v) is 3.22. The molecule has 2 nitrogen and oxygen atoms in total. The molecule has 0 bridgehead atoms. The molecule has 76 valence electrons. The molecule has 2 rings (SSSR count). The van der Waals surface area contributed by atoms with Crippen LogP contribution in [0.15, 0.2) is 18.2 Å². The van der Waals surface area contributed by atoms with E-state index in [4.69, 9.17) is 5.73 Å². The first-order valence-electron chi connectivity index (χ1n) is 5.32. The first-order chi connectivity index (χ1) is 6.76. The maximum absolute atomic E-state index is 5.64. The molecule has 1 atom stereocenters. The number of nitrogens with two attached hydrogens (primary N) is 1. The Morgan fingerprint density at radius 1 is 1.50 bits per heavy atom. The lowest BCUT2D eigenvalue weighted by Gasteiger charge is -2.18. The second-order valence-corrected chi connectivity index (χ2v) is 3.98. The van der Waals surface area contributed by atoms with Crippen LogP contribution in [0.2, 0.25) is 0 Å². The van der Waals surface area contributed by atoms with Gasteiger partial charge in [0.2, 0.25) is 0 Å². The third-order valence-electron chi connectivity index (χ3n) is 3.22. The van der Waals surface area contributed by atoms with E-state index in [-0.39, 0.29) is 0 Å². The first-order valence-corrected chi connectivity index (χ1v) is 5.32. The van der Waals surface area contributed by atoms with Crippen LogP contribution < -0.4 is 5.73 Å². The Labute approximate surface area is 85.7 Å². The van der Waals surface area contributed by atoms with Crippen LogP contribution in [0, 0.1) is 0 Å². The molecule has 0 fully saturated rings. The highest BCUT2D eigenvalue weighted by atomic mass is 15.2. The van der Waals surface area contributed by atoms with Crippen LogP contribution in [0.3, 0.4) is 0 Å². The molecule has 1 aromatic rings. The smallest absolute Gasteiger partial charge is 0.0326 e. The summed E-state index contributed by atoms with van der Waals surface area (Å²) in [7, 11) is 0. The van der Waals surface area contributed by atoms with Gasteiger partial charge in [0, 0.05) is 19.1 Å². The molecule has 2 heteroatoms. The number of nitrogens with zero attached hydrogens (tertiary/aromatic N) is 1. The summed E-state index contributed by atoms with van der Waals surface area (Å²) in [6, 6.07) is 7.19. The van der Waals surface area contributed by atoms with Gasteiger partial charge >= 0.3 is 0 Å². The number of benzene rings is 1. The summed E-state index contributed by atoms with van der Waals surface area (Å²) in [6.07, 6.45) is 0. The van der Waals surface area contributed by atoms with Crippen molar-refractivity contribution in [1.29, 1.82) is 0 Å². The Bertz CT molecular complexity index is 333. The molecule has 0 spiro atoms. The fraction of sp³-hybridized carbons (Fsp3) is 0.500. The lowest BCUT2D eigenvalue weighted by atomic mass is 10.0. The van der Waals surface area contributed by atoms with E-state index in [0.717, 1.165) is 13.1 Å². The zero-order valence-electron chi connectivity index (χ0n) is 8.96. The van der Waals surface area contributed by atoms with Crippen LogP contribution in [0.4, 0.5) is 0 Å². The number of rotatable bonds is 2. The van der Waals surface area contributed by atoms with Crippen molar-refractivity contribution >= 4 is 0 Å². The van der Waals surface area contributed by atoms with Gasteiger partial charge in [0.1, 0.15) is 0 Å². The summed E-state index contributed by atoms with van der Waals surface area (Å²) in [5, 5.41) is 0. The molecule has 0 radical (unpaired) electrons. The predicted molar refractivity (Wildman–Crippen MR) is 58.8 cm³/mol. The molecule has 0 aliphatic carbocycles. The number of fused-ring (bicyclic) bond motifs is 1. The molecular formula is C12H18N2. The van der Waals surface area contributed by atoms with Gasteiger partial charge in [0.25, 0.3) is 0 Å². The Hall–Kier alpha value is -0.860. The lowest BCUT2D eigenvalue weighted by molar-refractivity contribution is 0.242. The van der Waals surface area contributed by atoms with E-state index in [0.29, 0.717) is 12.6 Å². The standard InChI is InChI=1S/C12H18N2/c1-3-14-8-11-5-4-10(7-13)6-12(11)9(14)2/h4-6,9H,3,7-8,13H2,1-2H3. The van der Waals surface area contributed by atoms with Crippen molar-refractivity contribution < 1.29 is 0 Å². The van der Waals surface area contributed by atoms with E-state index in [1.807, 2.05) is 0 Å². The predicted octanol–water partition coefficient (Wildman–Crippen LogP) is 2.04. The number of hydrogen-bond acceptors (Lipinski definition) is 2. The van der Waals surface area contributed by atoms with E-state index in [1.54, 1.807) is 0 Å². The van der Waals surface area contributed by atoms with Crippen LogP contribution in [-0.4, -0.2) is 11.4 Å². The Kier molecular flexibility index (Phi) is 2.57. The highest BCUT2D eigenvalue weighted by Crippen LogP contribution is 2.33. The molecule has 2 N–H and O–H groups in total. The summed E-state index contributed by atoms with van der Waals surface area (Å²) in [5.74, 6) is 0. The van der Waals surface area contributed by atoms with Crippen molar-refractivity contribution in [2.45, 2.75) is 33.0 Å². The van der Waals surface area contributed by atoms with Gasteiger partial charge in [0.15, 0.2) is 0 Å². The van der Waals surface area contributed by atoms with Gasteiger partial charge in [-0.3, -0.25) is 4.90 Å². The zero-order valence-corrected chi connectivity index (χ0v) is 8.96. The molecule has 0 amide bonds. The Morgan fingerprint density at radius 2 is 2.29 bits per heavy atom. The quantitative estimate of drug-likeness (QED) is 0.773. The summed E-state index contributed by atoms with van der Waals surface area (Å²) >= 11 is 0. The zero-order chi connectivity index (χ0) is 10.1. The van der Waals surface area contributed by atoms with Crippen molar-refractivity contribution in [3.8, 4) is 0 Å². The molecule has 1 aliphatic rings. The maximum atomic E-state index is 5.64. The van der Waals surface area contributed by atoms with Gasteiger partial charge in [-0.25, -0.2) is 0 Å². The largest absolute Gasteiger partial charge is 0.326 e. The average molecular weight is 190 g/mol. The summed E-state index contributed by atoms with van der Waals surface area (Å²) in [5.41, 5.74) is 9.82. The minimum atomic E-state index is 0.557. The van der Waals surface area contributed by atoms with Crippen LogP contribution in [0.25, 0.3) is 0 Å². The summed E-state index contributed by atoms with van der Waals surface area (Å²) in [4.78, 5) is 2.48. The molecule has 1 heterocycles. The van der Waals surface area contributed by atoms with E-state index < -0.39 is 0 Å². The molecule has 0 aromatic heterocycles. The molecule has 1 aromatic carbocycles. The SMILES string of the molecule is CCN1Cc2ccc(CN)cc2C1C. The highest BCUT2D eigenvalue weighted by molar-refractivity contribution is 5.37. The fourth-order valence-corrected chi connectivity index (χ4v) is 2.24. The third kappa shape index (κ3) is 1.45. The van der Waals surface area contributed by atoms with Crippen molar-refractivity contribution in [3.63, 3.8) is 0 Å². The lowest BCUT2D eigenvalue weighted by Crippen LogP contribution is -2.19. The Balaban J connectivity index is 2.35. The van der Waals surface area contributed by atoms with Crippen molar-refractivity contribution in [1.82, 2.24) is 4.90 Å². The first kappa shape index (κ1) is 9.69. The topological polar surface area (TPSA) is 29.3 Å². The van der Waals surface area contributed by atoms with Crippen LogP contribution in [0.1, 0.15) is 36.6 Å². The second kappa shape index (κ2) is 3.71. The Morgan fingerprint density at radius 3 is 2.93 bits per heavy atom. The van der Waals surface area contributed by atoms with Crippen molar-refractivity contribution in [2.75, 3.05) is 6.54 Å². The molecule has 0 saturated carbocycles. The summed E-state index contributed by atoms with van der Waals surface area (Å²) in [6.45, 7) is 7.35. The van der Waals surface area contributed by atoms with Gasteiger partial charge in [-0.2, -0.15) is 0 Å². The van der Waals surface area contributed by atoms with Gasteiger partial charge in [-0.05, 0) is 30.2 Å². The maximum Gasteiger partial charge on any atom is 0.0326 e. The van der Waals surface area contributed by atoms with Crippen molar-refractivity contribution in [3.05, 3.63) is 34.9 Å². The summed E-state index contributed by atoms with van der Waals surface area (Å²) < 4.78 is 0. The van der Waals surface area contributed by atoms with E-state index in [2.05, 4.69) is 36.9 Å². The molecular weight excluding hydrogens is 172 g/mol. The molecule has 14 heavy (non-hydrogen) atoms. The number of hydrogen-bond donors (Lipinski definition) is 1. The highest BCUT2D eigenvalue weighted by Gasteiger charge is 2.24. The molecule has 1 aliphatic heterocycles. The average Bonchev–Trinajstić information content (AvgIpc) is 2.55. The monoisotopic (exact) mass is 190 g/mol. The van der Waals surface area contributed by atoms with Gasteiger partial charge in [-0.15, -0.1) is 0 Å². The second-order valence-electron chi connectivity index (χ2n) is 3.98. The minimum absolute atomic E-state index is 0.557.